The standard InChI is InChI=1S/C24H17F6N3O3/c1-11-23(12(2)33(32-11)9-16-18(26)20(28)22(30)21(29)19(16)27)31-24(34)17-8-7-15(36-17)10-35-14-5-3-13(25)4-6-14/h3-8H,9-10H2,1-2H3,(H,31,34). The van der Waals surface area contributed by atoms with E-state index in [1.807, 2.05) is 0 Å². The van der Waals surface area contributed by atoms with Gasteiger partial charge in [-0.15, -0.1) is 0 Å². The maximum atomic E-state index is 14.1. The molecule has 2 aromatic heterocycles. The van der Waals surface area contributed by atoms with Crippen molar-refractivity contribution in [1.82, 2.24) is 9.78 Å². The van der Waals surface area contributed by atoms with Crippen LogP contribution in [0.5, 0.6) is 5.75 Å². The summed E-state index contributed by atoms with van der Waals surface area (Å²) in [6, 6.07) is 8.22. The van der Waals surface area contributed by atoms with Crippen LogP contribution in [0.25, 0.3) is 0 Å². The zero-order valence-corrected chi connectivity index (χ0v) is 18.8. The number of carbonyl (C=O) groups excluding carboxylic acids is 1. The van der Waals surface area contributed by atoms with E-state index in [-0.39, 0.29) is 29.4 Å². The summed E-state index contributed by atoms with van der Waals surface area (Å²) in [5, 5.41) is 6.60. The predicted molar refractivity (Wildman–Crippen MR) is 114 cm³/mol. The largest absolute Gasteiger partial charge is 0.486 e. The number of anilines is 1. The third-order valence-corrected chi connectivity index (χ3v) is 5.31. The summed E-state index contributed by atoms with van der Waals surface area (Å²) in [4.78, 5) is 12.7. The van der Waals surface area contributed by atoms with Crippen molar-refractivity contribution in [3.05, 3.63) is 99.8 Å². The molecule has 2 aromatic carbocycles. The van der Waals surface area contributed by atoms with Crippen molar-refractivity contribution >= 4 is 11.6 Å². The molecule has 0 aliphatic carbocycles. The van der Waals surface area contributed by atoms with E-state index in [4.69, 9.17) is 9.15 Å². The Labute approximate surface area is 200 Å². The molecule has 0 fully saturated rings. The molecule has 1 amide bonds. The third-order valence-electron chi connectivity index (χ3n) is 5.31. The third kappa shape index (κ3) is 4.79. The Morgan fingerprint density at radius 3 is 2.17 bits per heavy atom. The Morgan fingerprint density at radius 1 is 0.917 bits per heavy atom. The first-order chi connectivity index (χ1) is 17.1. The molecule has 0 bridgehead atoms. The summed E-state index contributed by atoms with van der Waals surface area (Å²) in [6.45, 7) is 2.14. The highest BCUT2D eigenvalue weighted by atomic mass is 19.2. The Morgan fingerprint density at radius 2 is 1.53 bits per heavy atom. The van der Waals surface area contributed by atoms with E-state index in [2.05, 4.69) is 10.4 Å². The van der Waals surface area contributed by atoms with Crippen molar-refractivity contribution < 1.29 is 40.3 Å². The minimum absolute atomic E-state index is 0.0309. The quantitative estimate of drug-likeness (QED) is 0.194. The van der Waals surface area contributed by atoms with Gasteiger partial charge in [-0.05, 0) is 50.2 Å². The van der Waals surface area contributed by atoms with E-state index in [0.717, 1.165) is 4.68 Å². The van der Waals surface area contributed by atoms with Gasteiger partial charge in [-0.2, -0.15) is 5.10 Å². The highest BCUT2D eigenvalue weighted by molar-refractivity contribution is 6.02. The molecule has 36 heavy (non-hydrogen) atoms. The number of halogens is 6. The lowest BCUT2D eigenvalue weighted by molar-refractivity contribution is 0.0992. The van der Waals surface area contributed by atoms with Crippen LogP contribution in [0.4, 0.5) is 32.0 Å². The number of ether oxygens (including phenoxy) is 1. The van der Waals surface area contributed by atoms with Crippen LogP contribution < -0.4 is 10.1 Å². The maximum Gasteiger partial charge on any atom is 0.291 e. The molecule has 1 N–H and O–H groups in total. The fraction of sp³-hybridized carbons (Fsp3) is 0.167. The smallest absolute Gasteiger partial charge is 0.291 e. The number of nitrogens with zero attached hydrogens (tertiary/aromatic N) is 2. The molecule has 12 heteroatoms. The number of aromatic nitrogens is 2. The molecule has 0 radical (unpaired) electrons. The normalized spacial score (nSPS) is 11.1. The SMILES string of the molecule is Cc1nn(Cc2c(F)c(F)c(F)c(F)c2F)c(C)c1NC(=O)c1ccc(COc2ccc(F)cc2)o1. The van der Waals surface area contributed by atoms with Gasteiger partial charge in [-0.1, -0.05) is 0 Å². The highest BCUT2D eigenvalue weighted by Crippen LogP contribution is 2.27. The zero-order valence-electron chi connectivity index (χ0n) is 18.8. The van der Waals surface area contributed by atoms with Crippen LogP contribution in [-0.4, -0.2) is 15.7 Å². The number of rotatable bonds is 7. The van der Waals surface area contributed by atoms with Crippen LogP contribution >= 0.6 is 0 Å². The Bertz CT molecular complexity index is 1420. The van der Waals surface area contributed by atoms with Crippen LogP contribution in [0, 0.1) is 48.8 Å². The molecule has 2 heterocycles. The molecule has 0 aliphatic rings. The number of amides is 1. The minimum atomic E-state index is -2.25. The second-order valence-electron chi connectivity index (χ2n) is 7.71. The fourth-order valence-corrected chi connectivity index (χ4v) is 3.41. The van der Waals surface area contributed by atoms with Crippen LogP contribution in [0.1, 0.15) is 33.3 Å². The molecule has 0 saturated heterocycles. The Hall–Kier alpha value is -4.22. The Balaban J connectivity index is 1.48. The minimum Gasteiger partial charge on any atom is -0.486 e. The molecule has 0 atom stereocenters. The summed E-state index contributed by atoms with van der Waals surface area (Å²) < 4.78 is 93.4. The number of aryl methyl sites for hydroxylation is 1. The van der Waals surface area contributed by atoms with E-state index in [1.54, 1.807) is 0 Å². The molecule has 0 saturated carbocycles. The average molecular weight is 509 g/mol. The molecular weight excluding hydrogens is 492 g/mol. The number of carbonyl (C=O) groups is 1. The van der Waals surface area contributed by atoms with E-state index >= 15 is 0 Å². The monoisotopic (exact) mass is 509 g/mol. The summed E-state index contributed by atoms with van der Waals surface area (Å²) >= 11 is 0. The maximum absolute atomic E-state index is 14.1. The van der Waals surface area contributed by atoms with Crippen molar-refractivity contribution in [2.75, 3.05) is 5.32 Å². The van der Waals surface area contributed by atoms with Gasteiger partial charge in [0, 0.05) is 0 Å². The molecule has 6 nitrogen and oxygen atoms in total. The van der Waals surface area contributed by atoms with Gasteiger partial charge in [0.1, 0.15) is 23.9 Å². The van der Waals surface area contributed by atoms with Crippen LogP contribution in [0.2, 0.25) is 0 Å². The van der Waals surface area contributed by atoms with E-state index in [1.165, 1.54) is 50.2 Å². The van der Waals surface area contributed by atoms with E-state index < -0.39 is 52.9 Å². The average Bonchev–Trinajstić information content (AvgIpc) is 3.44. The Kier molecular flexibility index (Phi) is 6.77. The number of benzene rings is 2. The van der Waals surface area contributed by atoms with Gasteiger partial charge in [0.15, 0.2) is 29.0 Å². The van der Waals surface area contributed by atoms with Crippen molar-refractivity contribution in [3.63, 3.8) is 0 Å². The van der Waals surface area contributed by atoms with Crippen LogP contribution in [0.3, 0.4) is 0 Å². The van der Waals surface area contributed by atoms with Crippen LogP contribution in [-0.2, 0) is 13.2 Å². The molecule has 4 aromatic rings. The lowest BCUT2D eigenvalue weighted by atomic mass is 10.1. The van der Waals surface area contributed by atoms with Gasteiger partial charge in [0.2, 0.25) is 5.82 Å². The fourth-order valence-electron chi connectivity index (χ4n) is 3.41. The van der Waals surface area contributed by atoms with Crippen molar-refractivity contribution in [2.45, 2.75) is 27.0 Å². The summed E-state index contributed by atoms with van der Waals surface area (Å²) in [5.41, 5.74) is -0.455. The van der Waals surface area contributed by atoms with Crippen molar-refractivity contribution in [3.8, 4) is 5.75 Å². The highest BCUT2D eigenvalue weighted by Gasteiger charge is 2.27. The first-order valence-electron chi connectivity index (χ1n) is 10.4. The number of furan rings is 1. The summed E-state index contributed by atoms with van der Waals surface area (Å²) in [7, 11) is 0. The van der Waals surface area contributed by atoms with Gasteiger partial charge in [-0.25, -0.2) is 26.3 Å². The topological polar surface area (TPSA) is 69.3 Å². The number of nitrogens with one attached hydrogen (secondary N) is 1. The molecule has 4 rings (SSSR count). The van der Waals surface area contributed by atoms with Crippen molar-refractivity contribution in [1.29, 1.82) is 0 Å². The molecular formula is C24H17F6N3O3. The molecule has 0 spiro atoms. The summed E-state index contributed by atoms with van der Waals surface area (Å²) in [5.74, 6) is -10.8. The van der Waals surface area contributed by atoms with Crippen LogP contribution in [0.15, 0.2) is 40.8 Å². The lowest BCUT2D eigenvalue weighted by Crippen LogP contribution is -2.14. The first kappa shape index (κ1) is 24.9. The van der Waals surface area contributed by atoms with E-state index in [9.17, 15) is 31.1 Å². The second kappa shape index (κ2) is 9.80. The van der Waals surface area contributed by atoms with Gasteiger partial charge >= 0.3 is 0 Å². The van der Waals surface area contributed by atoms with Crippen molar-refractivity contribution in [2.24, 2.45) is 0 Å². The number of hydrogen-bond acceptors (Lipinski definition) is 4. The summed E-state index contributed by atoms with van der Waals surface area (Å²) in [6.07, 6.45) is 0. The molecule has 188 valence electrons. The second-order valence-corrected chi connectivity index (χ2v) is 7.71. The molecule has 0 aliphatic heterocycles. The lowest BCUT2D eigenvalue weighted by Gasteiger charge is -2.10. The predicted octanol–water partition coefficient (Wildman–Crippen LogP) is 5.81. The van der Waals surface area contributed by atoms with Gasteiger partial charge in [0.05, 0.1) is 29.2 Å². The van der Waals surface area contributed by atoms with E-state index in [0.29, 0.717) is 11.5 Å². The van der Waals surface area contributed by atoms with Gasteiger partial charge in [0.25, 0.3) is 5.91 Å². The molecule has 0 unspecified atom stereocenters. The zero-order chi connectivity index (χ0) is 26.1. The van der Waals surface area contributed by atoms with Gasteiger partial charge < -0.3 is 14.5 Å². The van der Waals surface area contributed by atoms with Gasteiger partial charge in [-0.3, -0.25) is 9.48 Å². The first-order valence-corrected chi connectivity index (χ1v) is 10.4. The number of hydrogen-bond donors (Lipinski definition) is 1.